The van der Waals surface area contributed by atoms with E-state index in [9.17, 15) is 9.18 Å². The predicted octanol–water partition coefficient (Wildman–Crippen LogP) is 2.21. The Bertz CT molecular complexity index is 694. The van der Waals surface area contributed by atoms with Crippen molar-refractivity contribution in [1.29, 1.82) is 0 Å². The first-order valence-electron chi connectivity index (χ1n) is 8.09. The third-order valence-electron chi connectivity index (χ3n) is 4.32. The highest BCUT2D eigenvalue weighted by atomic mass is 19.1. The van der Waals surface area contributed by atoms with Gasteiger partial charge in [0.15, 0.2) is 5.82 Å². The Morgan fingerprint density at radius 1 is 1.33 bits per heavy atom. The van der Waals surface area contributed by atoms with Crippen molar-refractivity contribution < 1.29 is 9.18 Å². The van der Waals surface area contributed by atoms with Crippen LogP contribution < -0.4 is 0 Å². The molecule has 2 aromatic rings. The van der Waals surface area contributed by atoms with Gasteiger partial charge in [-0.1, -0.05) is 6.07 Å². The minimum absolute atomic E-state index is 0.106. The molecule has 1 amide bonds. The Labute approximate surface area is 141 Å². The van der Waals surface area contributed by atoms with E-state index in [1.165, 1.54) is 17.8 Å². The second-order valence-electron chi connectivity index (χ2n) is 6.32. The van der Waals surface area contributed by atoms with Crippen LogP contribution in [0.1, 0.15) is 22.3 Å². The van der Waals surface area contributed by atoms with Crippen LogP contribution in [0.4, 0.5) is 4.39 Å². The van der Waals surface area contributed by atoms with Crippen molar-refractivity contribution in [2.75, 3.05) is 26.7 Å². The van der Waals surface area contributed by atoms with Gasteiger partial charge in [0.25, 0.3) is 5.91 Å². The lowest BCUT2D eigenvalue weighted by atomic mass is 10.1. The van der Waals surface area contributed by atoms with Gasteiger partial charge in [0.2, 0.25) is 0 Å². The number of pyridine rings is 2. The van der Waals surface area contributed by atoms with E-state index >= 15 is 0 Å². The molecule has 0 aliphatic carbocycles. The van der Waals surface area contributed by atoms with E-state index in [0.29, 0.717) is 19.0 Å². The van der Waals surface area contributed by atoms with E-state index in [-0.39, 0.29) is 11.5 Å². The van der Waals surface area contributed by atoms with E-state index in [1.807, 2.05) is 12.3 Å². The molecule has 0 unspecified atom stereocenters. The first kappa shape index (κ1) is 16.5. The van der Waals surface area contributed by atoms with Gasteiger partial charge in [-0.2, -0.15) is 0 Å². The topological polar surface area (TPSA) is 49.3 Å². The Morgan fingerprint density at radius 2 is 2.17 bits per heavy atom. The van der Waals surface area contributed by atoms with E-state index in [1.54, 1.807) is 11.1 Å². The number of amides is 1. The maximum absolute atomic E-state index is 13.7. The van der Waals surface area contributed by atoms with Crippen LogP contribution in [0.5, 0.6) is 0 Å². The zero-order valence-electron chi connectivity index (χ0n) is 13.7. The monoisotopic (exact) mass is 328 g/mol. The molecule has 0 saturated carbocycles. The van der Waals surface area contributed by atoms with Gasteiger partial charge in [-0.25, -0.2) is 4.39 Å². The summed E-state index contributed by atoms with van der Waals surface area (Å²) in [6.45, 7) is 3.07. The molecule has 5 nitrogen and oxygen atoms in total. The summed E-state index contributed by atoms with van der Waals surface area (Å²) in [6.07, 6.45) is 7.11. The smallest absolute Gasteiger partial charge is 0.256 e. The van der Waals surface area contributed by atoms with Crippen molar-refractivity contribution in [3.8, 4) is 0 Å². The average Bonchev–Trinajstić information content (AvgIpc) is 3.04. The highest BCUT2D eigenvalue weighted by Crippen LogP contribution is 2.20. The van der Waals surface area contributed by atoms with Gasteiger partial charge >= 0.3 is 0 Å². The molecule has 0 radical (unpaired) electrons. The number of rotatable bonds is 5. The fourth-order valence-corrected chi connectivity index (χ4v) is 3.19. The number of aromatic nitrogens is 2. The van der Waals surface area contributed by atoms with Gasteiger partial charge in [-0.3, -0.25) is 14.8 Å². The first-order chi connectivity index (χ1) is 11.6. The van der Waals surface area contributed by atoms with Gasteiger partial charge < -0.3 is 9.80 Å². The molecule has 126 valence electrons. The van der Waals surface area contributed by atoms with Crippen molar-refractivity contribution in [3.63, 3.8) is 0 Å². The molecule has 6 heteroatoms. The zero-order chi connectivity index (χ0) is 16.9. The SMILES string of the molecule is CN(Cc1cccnc1)C[C@@H]1CCN(C(=O)c2ccncc2F)C1. The van der Waals surface area contributed by atoms with Crippen LogP contribution in [0.25, 0.3) is 0 Å². The highest BCUT2D eigenvalue weighted by molar-refractivity contribution is 5.94. The summed E-state index contributed by atoms with van der Waals surface area (Å²) in [5, 5.41) is 0. The van der Waals surface area contributed by atoms with Crippen LogP contribution in [-0.4, -0.2) is 52.4 Å². The summed E-state index contributed by atoms with van der Waals surface area (Å²) < 4.78 is 13.7. The fourth-order valence-electron chi connectivity index (χ4n) is 3.19. The van der Waals surface area contributed by atoms with Gasteiger partial charge in [0, 0.05) is 44.8 Å². The summed E-state index contributed by atoms with van der Waals surface area (Å²) >= 11 is 0. The molecule has 0 spiro atoms. The van der Waals surface area contributed by atoms with E-state index in [0.717, 1.165) is 25.7 Å². The van der Waals surface area contributed by atoms with Gasteiger partial charge in [0.05, 0.1) is 11.8 Å². The standard InChI is InChI=1S/C18H21FN4O/c1-22(11-14-3-2-6-20-9-14)12-15-5-8-23(13-15)18(24)16-4-7-21-10-17(16)19/h2-4,6-7,9-10,15H,5,8,11-13H2,1H3/t15-/m0/s1. The maximum atomic E-state index is 13.7. The number of hydrogen-bond acceptors (Lipinski definition) is 4. The molecular formula is C18H21FN4O. The van der Waals surface area contributed by atoms with E-state index in [2.05, 4.69) is 28.0 Å². The normalized spacial score (nSPS) is 17.5. The number of likely N-dealkylation sites (tertiary alicyclic amines) is 1. The molecule has 1 fully saturated rings. The predicted molar refractivity (Wildman–Crippen MR) is 88.8 cm³/mol. The minimum Gasteiger partial charge on any atom is -0.338 e. The average molecular weight is 328 g/mol. The molecule has 0 bridgehead atoms. The minimum atomic E-state index is -0.556. The Morgan fingerprint density at radius 3 is 2.92 bits per heavy atom. The molecule has 0 aromatic carbocycles. The quantitative estimate of drug-likeness (QED) is 0.844. The summed E-state index contributed by atoms with van der Waals surface area (Å²) in [5.41, 5.74) is 1.28. The second-order valence-corrected chi connectivity index (χ2v) is 6.32. The molecule has 3 heterocycles. The van der Waals surface area contributed by atoms with Crippen LogP contribution in [-0.2, 0) is 6.54 Å². The highest BCUT2D eigenvalue weighted by Gasteiger charge is 2.28. The number of carbonyl (C=O) groups excluding carboxylic acids is 1. The van der Waals surface area contributed by atoms with Gasteiger partial charge in [-0.05, 0) is 37.1 Å². The lowest BCUT2D eigenvalue weighted by Crippen LogP contribution is -2.32. The summed E-state index contributed by atoms with van der Waals surface area (Å²) in [5.74, 6) is -0.396. The Kier molecular flexibility index (Phi) is 5.15. The molecule has 0 N–H and O–H groups in total. The largest absolute Gasteiger partial charge is 0.338 e. The third-order valence-corrected chi connectivity index (χ3v) is 4.32. The molecule has 1 aliphatic rings. The summed E-state index contributed by atoms with van der Waals surface area (Å²) in [7, 11) is 2.07. The maximum Gasteiger partial charge on any atom is 0.256 e. The van der Waals surface area contributed by atoms with Gasteiger partial charge in [0.1, 0.15) is 0 Å². The van der Waals surface area contributed by atoms with Crippen molar-refractivity contribution in [3.05, 3.63) is 59.9 Å². The number of carbonyl (C=O) groups is 1. The van der Waals surface area contributed by atoms with Crippen molar-refractivity contribution in [2.24, 2.45) is 5.92 Å². The summed E-state index contributed by atoms with van der Waals surface area (Å²) in [6, 6.07) is 5.43. The molecule has 1 aliphatic heterocycles. The van der Waals surface area contributed by atoms with Crippen LogP contribution in [0, 0.1) is 11.7 Å². The molecular weight excluding hydrogens is 307 g/mol. The summed E-state index contributed by atoms with van der Waals surface area (Å²) in [4.78, 5) is 24.2. The zero-order valence-corrected chi connectivity index (χ0v) is 13.7. The second kappa shape index (κ2) is 7.49. The molecule has 1 atom stereocenters. The first-order valence-corrected chi connectivity index (χ1v) is 8.09. The number of nitrogens with zero attached hydrogens (tertiary/aromatic N) is 4. The lowest BCUT2D eigenvalue weighted by Gasteiger charge is -2.21. The van der Waals surface area contributed by atoms with Crippen LogP contribution in [0.3, 0.4) is 0 Å². The molecule has 1 saturated heterocycles. The Hall–Kier alpha value is -2.34. The van der Waals surface area contributed by atoms with Crippen LogP contribution in [0.2, 0.25) is 0 Å². The van der Waals surface area contributed by atoms with Crippen molar-refractivity contribution in [1.82, 2.24) is 19.8 Å². The fraction of sp³-hybridized carbons (Fsp3) is 0.389. The van der Waals surface area contributed by atoms with Gasteiger partial charge in [-0.15, -0.1) is 0 Å². The van der Waals surface area contributed by atoms with E-state index < -0.39 is 5.82 Å². The molecule has 3 rings (SSSR count). The van der Waals surface area contributed by atoms with E-state index in [4.69, 9.17) is 0 Å². The Balaban J connectivity index is 1.54. The molecule has 2 aromatic heterocycles. The number of hydrogen-bond donors (Lipinski definition) is 0. The van der Waals surface area contributed by atoms with Crippen molar-refractivity contribution >= 4 is 5.91 Å². The van der Waals surface area contributed by atoms with Crippen LogP contribution >= 0.6 is 0 Å². The molecule has 24 heavy (non-hydrogen) atoms. The number of halogens is 1. The third kappa shape index (κ3) is 3.94. The lowest BCUT2D eigenvalue weighted by molar-refractivity contribution is 0.0779. The van der Waals surface area contributed by atoms with Crippen molar-refractivity contribution in [2.45, 2.75) is 13.0 Å². The van der Waals surface area contributed by atoms with Crippen LogP contribution in [0.15, 0.2) is 43.0 Å².